The van der Waals surface area contributed by atoms with E-state index in [1.807, 2.05) is 18.4 Å². The Kier molecular flexibility index (Phi) is 3.35. The van der Waals surface area contributed by atoms with Gasteiger partial charge in [-0.2, -0.15) is 0 Å². The van der Waals surface area contributed by atoms with Crippen LogP contribution in [0.2, 0.25) is 0 Å². The lowest BCUT2D eigenvalue weighted by molar-refractivity contribution is 0.630. The molecule has 0 radical (unpaired) electrons. The van der Waals surface area contributed by atoms with Gasteiger partial charge in [0, 0.05) is 33.1 Å². The highest BCUT2D eigenvalue weighted by atomic mass is 32.1. The van der Waals surface area contributed by atoms with Gasteiger partial charge in [0.2, 0.25) is 0 Å². The summed E-state index contributed by atoms with van der Waals surface area (Å²) < 4.78 is 14.2. The summed E-state index contributed by atoms with van der Waals surface area (Å²) in [7, 11) is 0. The SMILES string of the molecule is Cc1csc(CC(N)c2cc3cc(F)ccc3s2)n1. The molecule has 0 aliphatic carbocycles. The molecule has 1 unspecified atom stereocenters. The molecule has 0 fully saturated rings. The highest BCUT2D eigenvalue weighted by Gasteiger charge is 2.13. The second-order valence-corrected chi connectivity index (χ2v) is 6.58. The van der Waals surface area contributed by atoms with Crippen molar-refractivity contribution in [2.45, 2.75) is 19.4 Å². The van der Waals surface area contributed by atoms with Crippen LogP contribution in [0.5, 0.6) is 0 Å². The summed E-state index contributed by atoms with van der Waals surface area (Å²) in [5, 5.41) is 4.00. The number of thiophene rings is 1. The first-order valence-corrected chi connectivity index (χ1v) is 7.67. The third kappa shape index (κ3) is 2.68. The fourth-order valence-corrected chi connectivity index (χ4v) is 3.88. The third-order valence-corrected chi connectivity index (χ3v) is 5.16. The van der Waals surface area contributed by atoms with Crippen LogP contribution in [0.3, 0.4) is 0 Å². The minimum atomic E-state index is -0.207. The van der Waals surface area contributed by atoms with E-state index in [-0.39, 0.29) is 11.9 Å². The standard InChI is InChI=1S/C14H13FN2S2/c1-8-7-18-14(17-8)6-11(16)13-5-9-4-10(15)2-3-12(9)19-13/h2-5,7,11H,6,16H2,1H3. The molecule has 98 valence electrons. The maximum absolute atomic E-state index is 13.2. The number of nitrogens with two attached hydrogens (primary N) is 1. The van der Waals surface area contributed by atoms with Gasteiger partial charge in [-0.15, -0.1) is 22.7 Å². The smallest absolute Gasteiger partial charge is 0.123 e. The Labute approximate surface area is 118 Å². The van der Waals surface area contributed by atoms with Crippen LogP contribution in [-0.2, 0) is 6.42 Å². The van der Waals surface area contributed by atoms with E-state index >= 15 is 0 Å². The van der Waals surface area contributed by atoms with Crippen molar-refractivity contribution in [2.24, 2.45) is 5.73 Å². The normalized spacial score (nSPS) is 13.0. The van der Waals surface area contributed by atoms with E-state index in [9.17, 15) is 4.39 Å². The Morgan fingerprint density at radius 1 is 1.37 bits per heavy atom. The zero-order valence-corrected chi connectivity index (χ0v) is 12.0. The summed E-state index contributed by atoms with van der Waals surface area (Å²) in [5.41, 5.74) is 7.25. The minimum absolute atomic E-state index is 0.0778. The molecule has 0 amide bonds. The van der Waals surface area contributed by atoms with Crippen molar-refractivity contribution in [3.63, 3.8) is 0 Å². The van der Waals surface area contributed by atoms with E-state index < -0.39 is 0 Å². The van der Waals surface area contributed by atoms with Crippen molar-refractivity contribution >= 4 is 32.8 Å². The fraction of sp³-hybridized carbons (Fsp3) is 0.214. The Morgan fingerprint density at radius 3 is 2.95 bits per heavy atom. The lowest BCUT2D eigenvalue weighted by Gasteiger charge is -2.06. The zero-order chi connectivity index (χ0) is 13.4. The predicted molar refractivity (Wildman–Crippen MR) is 79.3 cm³/mol. The molecule has 0 spiro atoms. The quantitative estimate of drug-likeness (QED) is 0.791. The fourth-order valence-electron chi connectivity index (χ4n) is 2.00. The number of aryl methyl sites for hydroxylation is 1. The Morgan fingerprint density at radius 2 is 2.21 bits per heavy atom. The molecule has 2 N–H and O–H groups in total. The predicted octanol–water partition coefficient (Wildman–Crippen LogP) is 4.05. The highest BCUT2D eigenvalue weighted by Crippen LogP contribution is 2.31. The van der Waals surface area contributed by atoms with Crippen molar-refractivity contribution in [1.29, 1.82) is 0 Å². The first-order chi connectivity index (χ1) is 9.11. The van der Waals surface area contributed by atoms with Gasteiger partial charge in [0.25, 0.3) is 0 Å². The first-order valence-electron chi connectivity index (χ1n) is 5.97. The number of rotatable bonds is 3. The molecular formula is C14H13FN2S2. The summed E-state index contributed by atoms with van der Waals surface area (Å²) in [6, 6.07) is 6.74. The maximum atomic E-state index is 13.2. The average Bonchev–Trinajstić information content (AvgIpc) is 2.95. The Balaban J connectivity index is 1.86. The Bertz CT molecular complexity index is 717. The summed E-state index contributed by atoms with van der Waals surface area (Å²) >= 11 is 3.26. The van der Waals surface area contributed by atoms with E-state index in [0.717, 1.165) is 32.1 Å². The van der Waals surface area contributed by atoms with Crippen molar-refractivity contribution in [3.05, 3.63) is 51.0 Å². The third-order valence-electron chi connectivity index (χ3n) is 2.92. The summed E-state index contributed by atoms with van der Waals surface area (Å²) in [5.74, 6) is -0.207. The second-order valence-electron chi connectivity index (χ2n) is 4.52. The molecule has 1 aromatic carbocycles. The van der Waals surface area contributed by atoms with Crippen molar-refractivity contribution < 1.29 is 4.39 Å². The van der Waals surface area contributed by atoms with E-state index in [1.165, 1.54) is 6.07 Å². The lowest BCUT2D eigenvalue weighted by Crippen LogP contribution is -2.11. The second kappa shape index (κ2) is 5.00. The minimum Gasteiger partial charge on any atom is -0.323 e. The number of nitrogens with zero attached hydrogens (tertiary/aromatic N) is 1. The molecule has 0 aliphatic heterocycles. The molecule has 2 heterocycles. The van der Waals surface area contributed by atoms with Gasteiger partial charge in [-0.3, -0.25) is 0 Å². The largest absolute Gasteiger partial charge is 0.323 e. The number of fused-ring (bicyclic) bond motifs is 1. The van der Waals surface area contributed by atoms with Crippen LogP contribution in [0.15, 0.2) is 29.6 Å². The Hall–Kier alpha value is -1.30. The van der Waals surface area contributed by atoms with Crippen LogP contribution in [0.4, 0.5) is 4.39 Å². The van der Waals surface area contributed by atoms with Gasteiger partial charge in [-0.1, -0.05) is 0 Å². The molecule has 5 heteroatoms. The van der Waals surface area contributed by atoms with Gasteiger partial charge in [0.15, 0.2) is 0 Å². The van der Waals surface area contributed by atoms with Crippen LogP contribution in [0.25, 0.3) is 10.1 Å². The molecule has 1 atom stereocenters. The summed E-state index contributed by atoms with van der Waals surface area (Å²) in [4.78, 5) is 5.50. The number of aromatic nitrogens is 1. The van der Waals surface area contributed by atoms with Crippen LogP contribution >= 0.6 is 22.7 Å². The van der Waals surface area contributed by atoms with Gasteiger partial charge in [-0.05, 0) is 36.6 Å². The van der Waals surface area contributed by atoms with E-state index in [2.05, 4.69) is 4.98 Å². The van der Waals surface area contributed by atoms with Crippen molar-refractivity contribution in [2.75, 3.05) is 0 Å². The van der Waals surface area contributed by atoms with Crippen LogP contribution in [-0.4, -0.2) is 4.98 Å². The monoisotopic (exact) mass is 292 g/mol. The van der Waals surface area contributed by atoms with Gasteiger partial charge in [0.05, 0.1) is 5.01 Å². The van der Waals surface area contributed by atoms with Gasteiger partial charge < -0.3 is 5.73 Å². The zero-order valence-electron chi connectivity index (χ0n) is 10.4. The molecule has 0 saturated heterocycles. The van der Waals surface area contributed by atoms with E-state index in [0.29, 0.717) is 0 Å². The van der Waals surface area contributed by atoms with E-state index in [1.54, 1.807) is 34.8 Å². The lowest BCUT2D eigenvalue weighted by atomic mass is 10.1. The molecule has 19 heavy (non-hydrogen) atoms. The number of halogens is 1. The van der Waals surface area contributed by atoms with Crippen LogP contribution in [0.1, 0.15) is 21.6 Å². The molecule has 2 nitrogen and oxygen atoms in total. The number of hydrogen-bond acceptors (Lipinski definition) is 4. The van der Waals surface area contributed by atoms with Crippen LogP contribution in [0, 0.1) is 12.7 Å². The first kappa shape index (κ1) is 12.7. The summed E-state index contributed by atoms with van der Waals surface area (Å²) in [6.45, 7) is 1.98. The molecule has 0 saturated carbocycles. The topological polar surface area (TPSA) is 38.9 Å². The maximum Gasteiger partial charge on any atom is 0.123 e. The highest BCUT2D eigenvalue weighted by molar-refractivity contribution is 7.19. The van der Waals surface area contributed by atoms with Crippen molar-refractivity contribution in [1.82, 2.24) is 4.98 Å². The summed E-state index contributed by atoms with van der Waals surface area (Å²) in [6.07, 6.45) is 0.730. The average molecular weight is 292 g/mol. The molecule has 0 aliphatic rings. The van der Waals surface area contributed by atoms with Crippen molar-refractivity contribution in [3.8, 4) is 0 Å². The number of benzene rings is 1. The molecule has 3 aromatic rings. The number of thiazole rings is 1. The molecule has 3 rings (SSSR count). The molecule has 2 aromatic heterocycles. The molecular weight excluding hydrogens is 279 g/mol. The van der Waals surface area contributed by atoms with Gasteiger partial charge in [0.1, 0.15) is 5.82 Å². The number of hydrogen-bond donors (Lipinski definition) is 1. The van der Waals surface area contributed by atoms with Crippen LogP contribution < -0.4 is 5.73 Å². The van der Waals surface area contributed by atoms with Gasteiger partial charge >= 0.3 is 0 Å². The van der Waals surface area contributed by atoms with E-state index in [4.69, 9.17) is 5.73 Å². The molecule has 0 bridgehead atoms. The van der Waals surface area contributed by atoms with Gasteiger partial charge in [-0.25, -0.2) is 9.37 Å².